The molecule has 0 aromatic heterocycles. The number of aliphatic carboxylic acids is 1. The number of hydrogen-bond acceptors (Lipinski definition) is 4. The molecule has 0 fully saturated rings. The van der Waals surface area contributed by atoms with Gasteiger partial charge in [0, 0.05) is 11.8 Å². The first-order chi connectivity index (χ1) is 11.6. The maximum Gasteiger partial charge on any atom is 0.337 e. The van der Waals surface area contributed by atoms with Crippen LogP contribution >= 0.6 is 0 Å². The average molecular weight is 362 g/mol. The van der Waals surface area contributed by atoms with E-state index in [2.05, 4.69) is 0 Å². The summed E-state index contributed by atoms with van der Waals surface area (Å²) in [5.41, 5.74) is 0.0756. The summed E-state index contributed by atoms with van der Waals surface area (Å²) in [5, 5.41) is 9.56. The van der Waals surface area contributed by atoms with E-state index in [4.69, 9.17) is 0 Å². The van der Waals surface area contributed by atoms with Crippen LogP contribution in [-0.2, 0) is 19.4 Å². The van der Waals surface area contributed by atoms with Gasteiger partial charge in [0.25, 0.3) is 0 Å². The van der Waals surface area contributed by atoms with Gasteiger partial charge in [-0.2, -0.15) is 0 Å². The summed E-state index contributed by atoms with van der Waals surface area (Å²) in [4.78, 5) is 23.9. The Kier molecular flexibility index (Phi) is 5.18. The molecule has 0 unspecified atom stereocenters. The molecule has 0 aliphatic heterocycles. The fourth-order valence-corrected chi connectivity index (χ4v) is 3.01. The second kappa shape index (κ2) is 6.98. The van der Waals surface area contributed by atoms with Gasteiger partial charge in [0.15, 0.2) is 15.6 Å². The lowest BCUT2D eigenvalue weighted by Crippen LogP contribution is -2.09. The van der Waals surface area contributed by atoms with Crippen molar-refractivity contribution in [3.8, 4) is 0 Å². The zero-order chi connectivity index (χ0) is 18.8. The first-order valence-electron chi connectivity index (χ1n) is 7.16. The number of Topliss-reactive ketones (excluding diaryl/α,β-unsaturated/α-hetero) is 1. The molecule has 0 spiro atoms. The van der Waals surface area contributed by atoms with Crippen LogP contribution in [-0.4, -0.2) is 31.5 Å². The second-order valence-corrected chi connectivity index (χ2v) is 7.43. The summed E-state index contributed by atoms with van der Waals surface area (Å²) >= 11 is 0. The Labute approximate surface area is 144 Å². The Hall–Kier alpha value is -2.80. The molecule has 2 aromatic rings. The van der Waals surface area contributed by atoms with Crippen molar-refractivity contribution >= 4 is 32.7 Å². The van der Waals surface area contributed by atoms with Crippen LogP contribution in [0.2, 0.25) is 0 Å². The molecular weight excluding hydrogens is 347 g/mol. The lowest BCUT2D eigenvalue weighted by Gasteiger charge is -2.11. The quantitative estimate of drug-likeness (QED) is 0.653. The van der Waals surface area contributed by atoms with Crippen molar-refractivity contribution in [3.63, 3.8) is 0 Å². The van der Waals surface area contributed by atoms with Gasteiger partial charge in [0.2, 0.25) is 0 Å². The molecule has 0 aliphatic rings. The molecule has 2 aromatic carbocycles. The number of carbonyl (C=O) groups is 2. The lowest BCUT2D eigenvalue weighted by atomic mass is 9.92. The van der Waals surface area contributed by atoms with Crippen molar-refractivity contribution in [2.75, 3.05) is 6.26 Å². The number of carboxylic acid groups (broad SMARTS) is 1. The zero-order valence-electron chi connectivity index (χ0n) is 13.5. The molecule has 2 rings (SSSR count). The van der Waals surface area contributed by atoms with Crippen molar-refractivity contribution in [1.82, 2.24) is 0 Å². The Balaban J connectivity index is 2.71. The fraction of sp³-hybridized carbons (Fsp3) is 0.111. The number of benzene rings is 2. The molecule has 0 radical (unpaired) electrons. The summed E-state index contributed by atoms with van der Waals surface area (Å²) in [5.74, 6) is -2.38. The second-order valence-electron chi connectivity index (χ2n) is 5.41. The number of allylic oxidation sites excluding steroid dienone is 1. The van der Waals surface area contributed by atoms with Gasteiger partial charge in [-0.05, 0) is 42.3 Å². The van der Waals surface area contributed by atoms with E-state index in [1.807, 2.05) is 0 Å². The van der Waals surface area contributed by atoms with Crippen LogP contribution in [0.3, 0.4) is 0 Å². The predicted octanol–water partition coefficient (Wildman–Crippen LogP) is 2.81. The van der Waals surface area contributed by atoms with Crippen LogP contribution in [0, 0.1) is 5.82 Å². The topological polar surface area (TPSA) is 88.5 Å². The van der Waals surface area contributed by atoms with Gasteiger partial charge < -0.3 is 5.11 Å². The SMILES string of the molecule is CC(=O)/C(=C(\C(=O)O)c1ccc(F)cc1)c1ccc(S(C)(=O)=O)cc1. The highest BCUT2D eigenvalue weighted by Gasteiger charge is 2.22. The molecule has 0 aliphatic carbocycles. The minimum Gasteiger partial charge on any atom is -0.478 e. The minimum absolute atomic E-state index is 0.0535. The van der Waals surface area contributed by atoms with Crippen molar-refractivity contribution in [3.05, 3.63) is 65.5 Å². The van der Waals surface area contributed by atoms with Crippen LogP contribution < -0.4 is 0 Å². The van der Waals surface area contributed by atoms with Gasteiger partial charge in [-0.15, -0.1) is 0 Å². The van der Waals surface area contributed by atoms with E-state index in [9.17, 15) is 27.5 Å². The van der Waals surface area contributed by atoms with Crippen LogP contribution in [0.15, 0.2) is 53.4 Å². The highest BCUT2D eigenvalue weighted by molar-refractivity contribution is 7.90. The van der Waals surface area contributed by atoms with E-state index in [0.29, 0.717) is 0 Å². The monoisotopic (exact) mass is 362 g/mol. The molecule has 0 saturated carbocycles. The van der Waals surface area contributed by atoms with E-state index >= 15 is 0 Å². The average Bonchev–Trinajstić information content (AvgIpc) is 2.52. The maximum atomic E-state index is 13.1. The summed E-state index contributed by atoms with van der Waals surface area (Å²) in [6.07, 6.45) is 1.05. The third kappa shape index (κ3) is 4.19. The normalized spacial score (nSPS) is 12.4. The minimum atomic E-state index is -3.42. The third-order valence-electron chi connectivity index (χ3n) is 3.52. The number of hydrogen-bond donors (Lipinski definition) is 1. The number of rotatable bonds is 5. The molecule has 0 saturated heterocycles. The standard InChI is InChI=1S/C18H15FO5S/c1-11(20)16(12-5-9-15(10-6-12)25(2,23)24)17(18(21)22)13-3-7-14(19)8-4-13/h3-10H,1-2H3,(H,21,22)/b17-16+. The van der Waals surface area contributed by atoms with Gasteiger partial charge in [-0.3, -0.25) is 4.79 Å². The van der Waals surface area contributed by atoms with Crippen LogP contribution in [0.4, 0.5) is 4.39 Å². The number of ketones is 1. The Bertz CT molecular complexity index is 956. The molecular formula is C18H15FO5S. The first kappa shape index (κ1) is 18.5. The largest absolute Gasteiger partial charge is 0.478 e. The van der Waals surface area contributed by atoms with Crippen LogP contribution in [0.1, 0.15) is 18.1 Å². The van der Waals surface area contributed by atoms with Gasteiger partial charge in [0.05, 0.1) is 10.5 Å². The van der Waals surface area contributed by atoms with E-state index in [-0.39, 0.29) is 27.2 Å². The summed E-state index contributed by atoms with van der Waals surface area (Å²) in [6.45, 7) is 1.21. The number of carboxylic acids is 1. The maximum absolute atomic E-state index is 13.1. The molecule has 130 valence electrons. The highest BCUT2D eigenvalue weighted by atomic mass is 32.2. The Morgan fingerprint density at radius 3 is 1.72 bits per heavy atom. The zero-order valence-corrected chi connectivity index (χ0v) is 14.3. The smallest absolute Gasteiger partial charge is 0.337 e. The van der Waals surface area contributed by atoms with Gasteiger partial charge >= 0.3 is 5.97 Å². The van der Waals surface area contributed by atoms with Crippen molar-refractivity contribution in [1.29, 1.82) is 0 Å². The van der Waals surface area contributed by atoms with Crippen molar-refractivity contribution < 1.29 is 27.5 Å². The molecule has 0 amide bonds. The van der Waals surface area contributed by atoms with Gasteiger partial charge in [-0.1, -0.05) is 24.3 Å². The number of halogens is 1. The van der Waals surface area contributed by atoms with Crippen molar-refractivity contribution in [2.24, 2.45) is 0 Å². The summed E-state index contributed by atoms with van der Waals surface area (Å²) < 4.78 is 36.2. The summed E-state index contributed by atoms with van der Waals surface area (Å²) in [7, 11) is -3.42. The van der Waals surface area contributed by atoms with E-state index < -0.39 is 27.4 Å². The lowest BCUT2D eigenvalue weighted by molar-refractivity contribution is -0.130. The summed E-state index contributed by atoms with van der Waals surface area (Å²) in [6, 6.07) is 10.1. The van der Waals surface area contributed by atoms with E-state index in [1.54, 1.807) is 0 Å². The van der Waals surface area contributed by atoms with Crippen molar-refractivity contribution in [2.45, 2.75) is 11.8 Å². The van der Waals surface area contributed by atoms with Gasteiger partial charge in [0.1, 0.15) is 5.82 Å². The van der Waals surface area contributed by atoms with Crippen LogP contribution in [0.25, 0.3) is 11.1 Å². The van der Waals surface area contributed by atoms with E-state index in [0.717, 1.165) is 18.4 Å². The molecule has 5 nitrogen and oxygen atoms in total. The number of sulfone groups is 1. The Morgan fingerprint density at radius 2 is 1.32 bits per heavy atom. The van der Waals surface area contributed by atoms with Crippen LogP contribution in [0.5, 0.6) is 0 Å². The molecule has 25 heavy (non-hydrogen) atoms. The van der Waals surface area contributed by atoms with E-state index in [1.165, 1.54) is 43.3 Å². The highest BCUT2D eigenvalue weighted by Crippen LogP contribution is 2.28. The molecule has 1 N–H and O–H groups in total. The Morgan fingerprint density at radius 1 is 0.880 bits per heavy atom. The molecule has 0 heterocycles. The third-order valence-corrected chi connectivity index (χ3v) is 4.65. The number of carbonyl (C=O) groups excluding carboxylic acids is 1. The molecule has 7 heteroatoms. The first-order valence-corrected chi connectivity index (χ1v) is 9.05. The molecule has 0 bridgehead atoms. The fourth-order valence-electron chi connectivity index (χ4n) is 2.38. The van der Waals surface area contributed by atoms with Gasteiger partial charge in [-0.25, -0.2) is 17.6 Å². The predicted molar refractivity (Wildman–Crippen MR) is 91.1 cm³/mol. The molecule has 0 atom stereocenters.